The number of nitrogens with one attached hydrogen (secondary N) is 1. The Labute approximate surface area is 95.8 Å². The Morgan fingerprint density at radius 2 is 2.24 bits per heavy atom. The maximum absolute atomic E-state index is 11.5. The highest BCUT2D eigenvalue weighted by molar-refractivity contribution is 5.30. The molecule has 0 aliphatic rings. The van der Waals surface area contributed by atoms with E-state index < -0.39 is 11.2 Å². The van der Waals surface area contributed by atoms with E-state index in [-0.39, 0.29) is 12.2 Å². The predicted molar refractivity (Wildman–Crippen MR) is 59.4 cm³/mol. The highest BCUT2D eigenvalue weighted by atomic mass is 16.2. The monoisotopic (exact) mass is 228 g/mol. The van der Waals surface area contributed by atoms with Gasteiger partial charge in [-0.2, -0.15) is 5.26 Å². The van der Waals surface area contributed by atoms with Gasteiger partial charge in [-0.25, -0.2) is 9.78 Å². The first kappa shape index (κ1) is 10.8. The van der Waals surface area contributed by atoms with Gasteiger partial charge in [-0.15, -0.1) is 0 Å². The number of hydrogen-bond donors (Lipinski definition) is 1. The lowest BCUT2D eigenvalue weighted by Gasteiger charge is -2.04. The van der Waals surface area contributed by atoms with Crippen molar-refractivity contribution in [1.82, 2.24) is 14.5 Å². The van der Waals surface area contributed by atoms with Crippen LogP contribution in [0.1, 0.15) is 11.3 Å². The Morgan fingerprint density at radius 3 is 2.94 bits per heavy atom. The Morgan fingerprint density at radius 1 is 1.41 bits per heavy atom. The molecule has 0 saturated carbocycles. The second kappa shape index (κ2) is 4.45. The van der Waals surface area contributed by atoms with Crippen molar-refractivity contribution in [1.29, 1.82) is 5.26 Å². The van der Waals surface area contributed by atoms with Gasteiger partial charge in [0.2, 0.25) is 0 Å². The normalized spacial score (nSPS) is 9.82. The lowest BCUT2D eigenvalue weighted by atomic mass is 10.2. The van der Waals surface area contributed by atoms with Crippen molar-refractivity contribution >= 4 is 0 Å². The van der Waals surface area contributed by atoms with Gasteiger partial charge in [-0.05, 0) is 6.07 Å². The average molecular weight is 228 g/mol. The van der Waals surface area contributed by atoms with E-state index in [2.05, 4.69) is 9.97 Å². The lowest BCUT2D eigenvalue weighted by molar-refractivity contribution is 0.695. The molecule has 0 amide bonds. The summed E-state index contributed by atoms with van der Waals surface area (Å²) in [6.45, 7) is 0.0335. The van der Waals surface area contributed by atoms with E-state index in [4.69, 9.17) is 5.26 Å². The molecule has 0 bridgehead atoms. The minimum absolute atomic E-state index is 0.0335. The fourth-order valence-electron chi connectivity index (χ4n) is 1.44. The van der Waals surface area contributed by atoms with E-state index in [1.54, 1.807) is 12.1 Å². The summed E-state index contributed by atoms with van der Waals surface area (Å²) in [6.07, 6.45) is 2.77. The van der Waals surface area contributed by atoms with Crippen LogP contribution in [0, 0.1) is 11.3 Å². The van der Waals surface area contributed by atoms with Crippen molar-refractivity contribution in [3.05, 3.63) is 62.7 Å². The molecule has 17 heavy (non-hydrogen) atoms. The van der Waals surface area contributed by atoms with Gasteiger partial charge in [-0.3, -0.25) is 9.36 Å². The zero-order valence-corrected chi connectivity index (χ0v) is 8.75. The van der Waals surface area contributed by atoms with Gasteiger partial charge in [0.05, 0.1) is 6.54 Å². The lowest BCUT2D eigenvalue weighted by Crippen LogP contribution is -2.34. The summed E-state index contributed by atoms with van der Waals surface area (Å²) in [5.74, 6) is 0. The van der Waals surface area contributed by atoms with Crippen LogP contribution in [0.2, 0.25) is 0 Å². The molecule has 6 nitrogen and oxygen atoms in total. The van der Waals surface area contributed by atoms with E-state index in [0.29, 0.717) is 5.56 Å². The van der Waals surface area contributed by atoms with Crippen LogP contribution in [0.4, 0.5) is 0 Å². The van der Waals surface area contributed by atoms with Gasteiger partial charge in [0.1, 0.15) is 11.8 Å². The number of aromatic nitrogens is 3. The van der Waals surface area contributed by atoms with E-state index in [1.807, 2.05) is 6.07 Å². The topological polar surface area (TPSA) is 91.5 Å². The first-order chi connectivity index (χ1) is 8.22. The van der Waals surface area contributed by atoms with Crippen LogP contribution < -0.4 is 11.2 Å². The molecule has 0 aromatic carbocycles. The highest BCUT2D eigenvalue weighted by Crippen LogP contribution is 2.03. The van der Waals surface area contributed by atoms with Gasteiger partial charge in [0.15, 0.2) is 0 Å². The molecule has 1 N–H and O–H groups in total. The number of rotatable bonds is 2. The molecule has 0 atom stereocenters. The van der Waals surface area contributed by atoms with Gasteiger partial charge < -0.3 is 4.98 Å². The summed E-state index contributed by atoms with van der Waals surface area (Å²) in [7, 11) is 0. The first-order valence-corrected chi connectivity index (χ1v) is 4.85. The van der Waals surface area contributed by atoms with Crippen LogP contribution in [-0.2, 0) is 6.54 Å². The number of aromatic amines is 1. The molecule has 0 spiro atoms. The van der Waals surface area contributed by atoms with Crippen LogP contribution in [-0.4, -0.2) is 14.5 Å². The number of hydrogen-bond acceptors (Lipinski definition) is 4. The third-order valence-electron chi connectivity index (χ3n) is 2.27. The molecular formula is C11H8N4O2. The second-order valence-corrected chi connectivity index (χ2v) is 3.33. The fourth-order valence-corrected chi connectivity index (χ4v) is 1.44. The van der Waals surface area contributed by atoms with E-state index >= 15 is 0 Å². The molecule has 6 heteroatoms. The van der Waals surface area contributed by atoms with Crippen molar-refractivity contribution in [2.45, 2.75) is 6.54 Å². The molecule has 2 aromatic rings. The van der Waals surface area contributed by atoms with Gasteiger partial charge in [0.25, 0.3) is 5.56 Å². The van der Waals surface area contributed by atoms with Crippen molar-refractivity contribution < 1.29 is 0 Å². The Balaban J connectivity index is 2.50. The summed E-state index contributed by atoms with van der Waals surface area (Å²) in [5.41, 5.74) is -0.178. The van der Waals surface area contributed by atoms with E-state index in [9.17, 15) is 9.59 Å². The quantitative estimate of drug-likeness (QED) is 0.773. The van der Waals surface area contributed by atoms with Gasteiger partial charge in [-0.1, -0.05) is 6.07 Å². The van der Waals surface area contributed by atoms with Crippen molar-refractivity contribution in [3.8, 4) is 6.07 Å². The molecule has 0 fully saturated rings. The van der Waals surface area contributed by atoms with Crippen molar-refractivity contribution in [2.75, 3.05) is 0 Å². The maximum Gasteiger partial charge on any atom is 0.328 e. The first-order valence-electron chi connectivity index (χ1n) is 4.85. The minimum atomic E-state index is -0.509. The fraction of sp³-hybridized carbons (Fsp3) is 0.0909. The standard InChI is InChI=1S/C11H8N4O2/c12-6-9-8(2-1-4-13-9)7-15-10(16)3-5-14-11(15)17/h1-5H,7H2,(H,14,17). The second-order valence-electron chi connectivity index (χ2n) is 3.33. The molecule has 2 aromatic heterocycles. The zero-order valence-electron chi connectivity index (χ0n) is 8.75. The summed E-state index contributed by atoms with van der Waals surface area (Å²) in [4.78, 5) is 29.2. The summed E-state index contributed by atoms with van der Waals surface area (Å²) >= 11 is 0. The Bertz CT molecular complexity index is 665. The van der Waals surface area contributed by atoms with Gasteiger partial charge in [0, 0.05) is 24.0 Å². The summed E-state index contributed by atoms with van der Waals surface area (Å²) in [5, 5.41) is 8.85. The third kappa shape index (κ3) is 2.13. The number of nitriles is 1. The molecule has 0 radical (unpaired) electrons. The molecule has 0 aliphatic heterocycles. The van der Waals surface area contributed by atoms with Crippen molar-refractivity contribution in [2.24, 2.45) is 0 Å². The van der Waals surface area contributed by atoms with Crippen LogP contribution in [0.15, 0.2) is 40.2 Å². The van der Waals surface area contributed by atoms with Crippen LogP contribution in [0.5, 0.6) is 0 Å². The summed E-state index contributed by atoms with van der Waals surface area (Å²) in [6, 6.07) is 6.48. The third-order valence-corrected chi connectivity index (χ3v) is 2.27. The van der Waals surface area contributed by atoms with Crippen molar-refractivity contribution in [3.63, 3.8) is 0 Å². The van der Waals surface area contributed by atoms with Gasteiger partial charge >= 0.3 is 5.69 Å². The van der Waals surface area contributed by atoms with Crippen LogP contribution in [0.3, 0.4) is 0 Å². The molecule has 0 unspecified atom stereocenters. The molecule has 0 saturated heterocycles. The molecule has 2 rings (SSSR count). The largest absolute Gasteiger partial charge is 0.328 e. The zero-order chi connectivity index (χ0) is 12.3. The maximum atomic E-state index is 11.5. The van der Waals surface area contributed by atoms with E-state index in [1.165, 1.54) is 18.5 Å². The highest BCUT2D eigenvalue weighted by Gasteiger charge is 2.06. The smallest absolute Gasteiger partial charge is 0.314 e. The number of nitrogens with zero attached hydrogens (tertiary/aromatic N) is 3. The molecule has 84 valence electrons. The SMILES string of the molecule is N#Cc1ncccc1Cn1c(=O)cc[nH]c1=O. The number of H-pyrrole nitrogens is 1. The Kier molecular flexibility index (Phi) is 2.83. The number of pyridine rings is 1. The molecular weight excluding hydrogens is 220 g/mol. The average Bonchev–Trinajstić information content (AvgIpc) is 2.34. The van der Waals surface area contributed by atoms with E-state index in [0.717, 1.165) is 4.57 Å². The Hall–Kier alpha value is -2.68. The predicted octanol–water partition coefficient (Wildman–Crippen LogP) is -0.148. The van der Waals surface area contributed by atoms with Crippen LogP contribution in [0.25, 0.3) is 0 Å². The summed E-state index contributed by atoms with van der Waals surface area (Å²) < 4.78 is 1.01. The van der Waals surface area contributed by atoms with Crippen LogP contribution >= 0.6 is 0 Å². The minimum Gasteiger partial charge on any atom is -0.314 e. The molecule has 0 aliphatic carbocycles. The molecule has 2 heterocycles.